The van der Waals surface area contributed by atoms with Crippen molar-refractivity contribution in [2.75, 3.05) is 34.8 Å². The lowest BCUT2D eigenvalue weighted by Gasteiger charge is -2.37. The molecule has 4 atom stereocenters. The monoisotopic (exact) mass is 393 g/mol. The van der Waals surface area contributed by atoms with E-state index in [2.05, 4.69) is 45.0 Å². The number of fused-ring (bicyclic) bond motifs is 1. The first-order valence-corrected chi connectivity index (χ1v) is 10.3. The molecule has 0 radical (unpaired) electrons. The van der Waals surface area contributed by atoms with E-state index in [4.69, 9.17) is 13.8 Å². The fourth-order valence-corrected chi connectivity index (χ4v) is 3.75. The summed E-state index contributed by atoms with van der Waals surface area (Å²) in [6, 6.07) is 0. The number of rotatable bonds is 1. The van der Waals surface area contributed by atoms with Crippen molar-refractivity contribution < 1.29 is 23.2 Å². The zero-order valence-corrected chi connectivity index (χ0v) is 16.6. The maximum Gasteiger partial charge on any atom is 0.330 e. The molecule has 11 heteroatoms. The van der Waals surface area contributed by atoms with Gasteiger partial charge in [0.1, 0.15) is 19.1 Å². The van der Waals surface area contributed by atoms with Crippen molar-refractivity contribution in [3.63, 3.8) is 0 Å². The predicted octanol–water partition coefficient (Wildman–Crippen LogP) is -0.545. The first-order chi connectivity index (χ1) is 11.4. The van der Waals surface area contributed by atoms with Crippen LogP contribution in [0.25, 0.3) is 0 Å². The summed E-state index contributed by atoms with van der Waals surface area (Å²) in [7, 11) is 8.50. The fraction of sp³-hybridized carbons (Fsp3) is 0.714. The molecule has 9 nitrogen and oxygen atoms in total. The smallest absolute Gasteiger partial charge is 0.330 e. The Morgan fingerprint density at radius 3 is 2.52 bits per heavy atom. The van der Waals surface area contributed by atoms with Gasteiger partial charge in [-0.05, 0) is 6.92 Å². The maximum atomic E-state index is 11.8. The molecule has 4 unspecified atom stereocenters. The quantitative estimate of drug-likeness (QED) is 0.504. The highest BCUT2D eigenvalue weighted by molar-refractivity contribution is 8.06. The lowest BCUT2D eigenvalue weighted by molar-refractivity contribution is -0.849. The molecule has 25 heavy (non-hydrogen) atoms. The van der Waals surface area contributed by atoms with Crippen LogP contribution in [-0.2, 0) is 25.6 Å². The summed E-state index contributed by atoms with van der Waals surface area (Å²) in [5.41, 5.74) is -0.600. The summed E-state index contributed by atoms with van der Waals surface area (Å²) in [6.07, 6.45) is 0.238. The molecular weight excluding hydrogens is 369 g/mol. The van der Waals surface area contributed by atoms with Gasteiger partial charge in [0.05, 0.1) is 40.9 Å². The van der Waals surface area contributed by atoms with Crippen molar-refractivity contribution in [1.82, 2.24) is 9.55 Å². The molecular formula is C14H24N3O6PS. The van der Waals surface area contributed by atoms with E-state index in [-0.39, 0.29) is 6.61 Å². The molecule has 142 valence electrons. The largest absolute Gasteiger partial charge is 0.780 e. The van der Waals surface area contributed by atoms with Crippen LogP contribution in [0, 0.1) is 6.92 Å². The van der Waals surface area contributed by atoms with E-state index in [9.17, 15) is 14.5 Å². The van der Waals surface area contributed by atoms with Gasteiger partial charge in [-0.1, -0.05) is 11.8 Å². The lowest BCUT2D eigenvalue weighted by atomic mass is 10.2. The second kappa shape index (κ2) is 7.40. The molecule has 3 rings (SSSR count). The Balaban J connectivity index is 0.000000399. The average Bonchev–Trinajstić information content (AvgIpc) is 2.82. The van der Waals surface area contributed by atoms with Crippen LogP contribution in [0.3, 0.4) is 0 Å². The van der Waals surface area contributed by atoms with Crippen LogP contribution in [0.4, 0.5) is 0 Å². The summed E-state index contributed by atoms with van der Waals surface area (Å²) >= 11 is 4.68. The first-order valence-electron chi connectivity index (χ1n) is 7.76. The number of aromatic amines is 1. The first kappa shape index (κ1) is 20.4. The van der Waals surface area contributed by atoms with Crippen LogP contribution in [0.1, 0.15) is 18.2 Å². The number of aromatic nitrogens is 2. The molecule has 0 saturated carbocycles. The van der Waals surface area contributed by atoms with Crippen molar-refractivity contribution in [1.29, 1.82) is 0 Å². The van der Waals surface area contributed by atoms with Crippen molar-refractivity contribution in [2.45, 2.75) is 31.8 Å². The molecule has 1 aromatic heterocycles. The van der Waals surface area contributed by atoms with Gasteiger partial charge in [0.2, 0.25) is 0 Å². The van der Waals surface area contributed by atoms with Gasteiger partial charge in [0, 0.05) is 18.2 Å². The van der Waals surface area contributed by atoms with Crippen LogP contribution in [0.15, 0.2) is 15.8 Å². The van der Waals surface area contributed by atoms with Crippen molar-refractivity contribution in [3.8, 4) is 0 Å². The van der Waals surface area contributed by atoms with Crippen LogP contribution in [0.5, 0.6) is 0 Å². The third kappa shape index (κ3) is 5.82. The van der Waals surface area contributed by atoms with E-state index in [1.807, 2.05) is 0 Å². The van der Waals surface area contributed by atoms with Crippen LogP contribution in [-0.4, -0.2) is 61.0 Å². The topological polar surface area (TPSA) is 106 Å². The molecule has 1 N–H and O–H groups in total. The van der Waals surface area contributed by atoms with Gasteiger partial charge in [-0.2, -0.15) is 0 Å². The van der Waals surface area contributed by atoms with Crippen molar-refractivity contribution >= 4 is 18.5 Å². The Morgan fingerprint density at radius 1 is 1.32 bits per heavy atom. The van der Waals surface area contributed by atoms with Gasteiger partial charge in [-0.3, -0.25) is 14.3 Å². The molecule has 2 aliphatic heterocycles. The van der Waals surface area contributed by atoms with Crippen LogP contribution < -0.4 is 16.1 Å². The molecule has 1 aromatic rings. The summed E-state index contributed by atoms with van der Waals surface area (Å²) in [6.45, 7) is -1.79. The van der Waals surface area contributed by atoms with Gasteiger partial charge in [0.25, 0.3) is 5.56 Å². The van der Waals surface area contributed by atoms with Crippen LogP contribution in [0.2, 0.25) is 0 Å². The molecule has 0 bridgehead atoms. The molecule has 3 heterocycles. The SMILES string of the molecule is C[N+](C)(C)C.Cc1cn(C2CC3OP([O-])(=S)OCC3O2)c(=O)[nH]c1=O. The highest BCUT2D eigenvalue weighted by Crippen LogP contribution is 2.49. The number of hydrogen-bond donors (Lipinski definition) is 1. The van der Waals surface area contributed by atoms with E-state index in [0.29, 0.717) is 12.0 Å². The summed E-state index contributed by atoms with van der Waals surface area (Å²) in [5.74, 6) is 0. The minimum atomic E-state index is -3.45. The predicted molar refractivity (Wildman–Crippen MR) is 93.7 cm³/mol. The molecule has 2 fully saturated rings. The van der Waals surface area contributed by atoms with E-state index in [0.717, 1.165) is 4.48 Å². The Morgan fingerprint density at radius 2 is 1.92 bits per heavy atom. The van der Waals surface area contributed by atoms with E-state index >= 15 is 0 Å². The summed E-state index contributed by atoms with van der Waals surface area (Å²) < 4.78 is 18.0. The van der Waals surface area contributed by atoms with Gasteiger partial charge < -0.3 is 23.2 Å². The maximum absolute atomic E-state index is 11.8. The normalized spacial score (nSPS) is 31.8. The van der Waals surface area contributed by atoms with Crippen molar-refractivity contribution in [2.24, 2.45) is 0 Å². The Kier molecular flexibility index (Phi) is 6.05. The number of nitrogens with one attached hydrogen (secondary N) is 1. The van der Waals surface area contributed by atoms with Gasteiger partial charge in [-0.15, -0.1) is 0 Å². The van der Waals surface area contributed by atoms with Gasteiger partial charge >= 0.3 is 5.69 Å². The van der Waals surface area contributed by atoms with E-state index in [1.165, 1.54) is 10.8 Å². The third-order valence-electron chi connectivity index (χ3n) is 3.30. The standard InChI is InChI=1S/C10H13N2O6PS.C4H12N/c1-5-3-12(10(14)11-9(5)13)8-2-6-7(17-8)4-16-19(15,20)18-6;1-5(2,3)4/h3,6-8H,2,4H2,1H3,(H,15,20)(H,11,13,14);1-4H3/q;+1/p-1. The number of nitrogens with zero attached hydrogens (tertiary/aromatic N) is 2. The molecule has 0 spiro atoms. The number of hydrogen-bond acceptors (Lipinski definition) is 7. The second-order valence-electron chi connectivity index (χ2n) is 7.41. The summed E-state index contributed by atoms with van der Waals surface area (Å²) in [5, 5.41) is 0. The Bertz CT molecular complexity index is 780. The molecule has 0 aromatic carbocycles. The summed E-state index contributed by atoms with van der Waals surface area (Å²) in [4.78, 5) is 36.9. The average molecular weight is 393 g/mol. The Hall–Kier alpha value is -0.870. The zero-order valence-electron chi connectivity index (χ0n) is 14.9. The minimum Gasteiger partial charge on any atom is -0.780 e. The zero-order chi connectivity index (χ0) is 19.0. The van der Waals surface area contributed by atoms with Crippen LogP contribution >= 0.6 is 6.72 Å². The third-order valence-corrected chi connectivity index (χ3v) is 4.87. The number of quaternary nitrogens is 1. The number of ether oxygens (including phenoxy) is 1. The minimum absolute atomic E-state index is 0.0685. The van der Waals surface area contributed by atoms with E-state index in [1.54, 1.807) is 6.92 Å². The fourth-order valence-electron chi connectivity index (χ4n) is 2.29. The second-order valence-corrected chi connectivity index (χ2v) is 10.1. The number of H-pyrrole nitrogens is 1. The van der Waals surface area contributed by atoms with Gasteiger partial charge in [0.15, 0.2) is 0 Å². The molecule has 2 aliphatic rings. The highest BCUT2D eigenvalue weighted by atomic mass is 32.5. The number of aryl methyl sites for hydroxylation is 1. The molecule has 2 saturated heterocycles. The lowest BCUT2D eigenvalue weighted by Crippen LogP contribution is -2.35. The Labute approximate surface area is 151 Å². The van der Waals surface area contributed by atoms with Crippen molar-refractivity contribution in [3.05, 3.63) is 32.6 Å². The molecule has 0 amide bonds. The highest BCUT2D eigenvalue weighted by Gasteiger charge is 2.42. The molecule has 0 aliphatic carbocycles. The van der Waals surface area contributed by atoms with Gasteiger partial charge in [-0.25, -0.2) is 4.79 Å². The van der Waals surface area contributed by atoms with E-state index < -0.39 is 36.4 Å².